The predicted molar refractivity (Wildman–Crippen MR) is 101 cm³/mol. The Kier molecular flexibility index (Phi) is 4.45. The number of aromatic nitrogens is 3. The number of nitrogens with zero attached hydrogens (tertiary/aromatic N) is 5. The summed E-state index contributed by atoms with van der Waals surface area (Å²) in [5.74, 6) is 0.276. The highest BCUT2D eigenvalue weighted by molar-refractivity contribution is 5.58. The van der Waals surface area contributed by atoms with Crippen LogP contribution in [0.5, 0.6) is 0 Å². The van der Waals surface area contributed by atoms with Gasteiger partial charge in [0, 0.05) is 29.7 Å². The molecule has 0 saturated carbocycles. The Balaban J connectivity index is 1.78. The Morgan fingerprint density at radius 1 is 1.07 bits per heavy atom. The number of halogens is 1. The standard InChI is InChI=1S/C20H20FN5O/c1-14-15(2)23-20-25(18-8-6-16(21)7-9-18)12-24(13-26(20)19(14)27)11-17-5-3-4-10-22-17/h3-10H,11-13H2,1-2H3. The van der Waals surface area contributed by atoms with E-state index in [2.05, 4.69) is 14.9 Å². The van der Waals surface area contributed by atoms with E-state index in [1.807, 2.05) is 30.0 Å². The molecule has 0 unspecified atom stereocenters. The van der Waals surface area contributed by atoms with Crippen LogP contribution in [0.15, 0.2) is 53.5 Å². The molecule has 1 aliphatic rings. The highest BCUT2D eigenvalue weighted by Crippen LogP contribution is 2.28. The SMILES string of the molecule is Cc1nc2n(c(=O)c1C)CN(Cc1ccccn1)CN2c1ccc(F)cc1. The number of aryl methyl sites for hydroxylation is 1. The van der Waals surface area contributed by atoms with Gasteiger partial charge in [-0.15, -0.1) is 0 Å². The summed E-state index contributed by atoms with van der Waals surface area (Å²) in [6.07, 6.45) is 1.76. The van der Waals surface area contributed by atoms with E-state index < -0.39 is 0 Å². The Morgan fingerprint density at radius 3 is 2.56 bits per heavy atom. The number of benzene rings is 1. The van der Waals surface area contributed by atoms with Gasteiger partial charge in [-0.1, -0.05) is 6.07 Å². The molecule has 1 aromatic carbocycles. The number of hydrogen-bond acceptors (Lipinski definition) is 5. The van der Waals surface area contributed by atoms with Crippen molar-refractivity contribution >= 4 is 11.6 Å². The average Bonchev–Trinajstić information content (AvgIpc) is 2.68. The second kappa shape index (κ2) is 6.92. The first-order valence-electron chi connectivity index (χ1n) is 8.76. The van der Waals surface area contributed by atoms with Crippen molar-refractivity contribution in [3.63, 3.8) is 0 Å². The lowest BCUT2D eigenvalue weighted by molar-refractivity contribution is 0.187. The van der Waals surface area contributed by atoms with Crippen molar-refractivity contribution in [1.29, 1.82) is 0 Å². The van der Waals surface area contributed by atoms with Gasteiger partial charge in [0.05, 0.1) is 19.0 Å². The van der Waals surface area contributed by atoms with Crippen molar-refractivity contribution in [1.82, 2.24) is 19.4 Å². The van der Waals surface area contributed by atoms with Crippen LogP contribution in [0.1, 0.15) is 17.0 Å². The first-order chi connectivity index (χ1) is 13.0. The van der Waals surface area contributed by atoms with E-state index in [1.165, 1.54) is 12.1 Å². The van der Waals surface area contributed by atoms with Crippen molar-refractivity contribution in [3.05, 3.63) is 81.8 Å². The highest BCUT2D eigenvalue weighted by Gasteiger charge is 2.27. The molecule has 7 heteroatoms. The molecule has 1 aliphatic heterocycles. The van der Waals surface area contributed by atoms with E-state index >= 15 is 0 Å². The van der Waals surface area contributed by atoms with Crippen molar-refractivity contribution in [3.8, 4) is 0 Å². The molecule has 0 aliphatic carbocycles. The molecule has 0 fully saturated rings. The summed E-state index contributed by atoms with van der Waals surface area (Å²) < 4.78 is 15.1. The average molecular weight is 365 g/mol. The van der Waals surface area contributed by atoms with Crippen LogP contribution in [-0.2, 0) is 13.2 Å². The largest absolute Gasteiger partial charge is 0.298 e. The second-order valence-corrected chi connectivity index (χ2v) is 6.69. The lowest BCUT2D eigenvalue weighted by Crippen LogP contribution is -2.47. The fraction of sp³-hybridized carbons (Fsp3) is 0.250. The maximum absolute atomic E-state index is 13.4. The molecule has 0 N–H and O–H groups in total. The van der Waals surface area contributed by atoms with E-state index in [0.717, 1.165) is 11.4 Å². The molecule has 0 saturated heterocycles. The lowest BCUT2D eigenvalue weighted by atomic mass is 10.2. The number of pyridine rings is 1. The molecular formula is C20H20FN5O. The van der Waals surface area contributed by atoms with Crippen LogP contribution in [0.4, 0.5) is 16.0 Å². The number of anilines is 2. The summed E-state index contributed by atoms with van der Waals surface area (Å²) in [7, 11) is 0. The van der Waals surface area contributed by atoms with Crippen LogP contribution in [0.3, 0.4) is 0 Å². The summed E-state index contributed by atoms with van der Waals surface area (Å²) >= 11 is 0. The van der Waals surface area contributed by atoms with Gasteiger partial charge in [-0.25, -0.2) is 9.37 Å². The smallest absolute Gasteiger partial charge is 0.259 e. The molecule has 138 valence electrons. The molecule has 0 bridgehead atoms. The maximum atomic E-state index is 13.4. The van der Waals surface area contributed by atoms with Crippen LogP contribution >= 0.6 is 0 Å². The summed E-state index contributed by atoms with van der Waals surface area (Å²) in [6.45, 7) is 5.17. The molecule has 3 heterocycles. The van der Waals surface area contributed by atoms with E-state index in [9.17, 15) is 9.18 Å². The van der Waals surface area contributed by atoms with E-state index in [-0.39, 0.29) is 11.4 Å². The summed E-state index contributed by atoms with van der Waals surface area (Å²) in [5.41, 5.74) is 2.99. The Morgan fingerprint density at radius 2 is 1.85 bits per heavy atom. The minimum Gasteiger partial charge on any atom is -0.298 e. The fourth-order valence-corrected chi connectivity index (χ4v) is 3.22. The molecule has 3 aromatic rings. The zero-order chi connectivity index (χ0) is 19.0. The van der Waals surface area contributed by atoms with Gasteiger partial charge in [-0.05, 0) is 50.2 Å². The number of rotatable bonds is 3. The van der Waals surface area contributed by atoms with Crippen LogP contribution in [0.2, 0.25) is 0 Å². The quantitative estimate of drug-likeness (QED) is 0.714. The predicted octanol–water partition coefficient (Wildman–Crippen LogP) is 2.96. The minimum atomic E-state index is -0.300. The second-order valence-electron chi connectivity index (χ2n) is 6.69. The van der Waals surface area contributed by atoms with Crippen LogP contribution in [0, 0.1) is 19.7 Å². The Hall–Kier alpha value is -3.06. The molecule has 6 nitrogen and oxygen atoms in total. The van der Waals surface area contributed by atoms with Crippen molar-refractivity contribution in [2.75, 3.05) is 11.6 Å². The van der Waals surface area contributed by atoms with Gasteiger partial charge in [0.2, 0.25) is 5.95 Å². The van der Waals surface area contributed by atoms with Crippen molar-refractivity contribution in [2.24, 2.45) is 0 Å². The molecule has 0 radical (unpaired) electrons. The molecule has 0 amide bonds. The monoisotopic (exact) mass is 365 g/mol. The topological polar surface area (TPSA) is 54.3 Å². The van der Waals surface area contributed by atoms with Crippen LogP contribution in [0.25, 0.3) is 0 Å². The van der Waals surface area contributed by atoms with Gasteiger partial charge >= 0.3 is 0 Å². The molecule has 0 atom stereocenters. The van der Waals surface area contributed by atoms with Gasteiger partial charge in [-0.3, -0.25) is 24.1 Å². The highest BCUT2D eigenvalue weighted by atomic mass is 19.1. The van der Waals surface area contributed by atoms with Crippen LogP contribution in [-0.4, -0.2) is 26.1 Å². The fourth-order valence-electron chi connectivity index (χ4n) is 3.22. The summed E-state index contributed by atoms with van der Waals surface area (Å²) in [5, 5.41) is 0. The van der Waals surface area contributed by atoms with E-state index in [4.69, 9.17) is 0 Å². The summed E-state index contributed by atoms with van der Waals surface area (Å²) in [4.78, 5) is 25.9. The molecule has 0 spiro atoms. The van der Waals surface area contributed by atoms with E-state index in [0.29, 0.717) is 37.1 Å². The third-order valence-corrected chi connectivity index (χ3v) is 4.79. The normalized spacial score (nSPS) is 14.3. The molecule has 4 rings (SSSR count). The number of fused-ring (bicyclic) bond motifs is 1. The first-order valence-corrected chi connectivity index (χ1v) is 8.76. The van der Waals surface area contributed by atoms with Crippen LogP contribution < -0.4 is 10.5 Å². The summed E-state index contributed by atoms with van der Waals surface area (Å²) in [6, 6.07) is 12.0. The molecule has 27 heavy (non-hydrogen) atoms. The molecule has 2 aromatic heterocycles. The van der Waals surface area contributed by atoms with Crippen molar-refractivity contribution < 1.29 is 4.39 Å². The number of hydrogen-bond donors (Lipinski definition) is 0. The zero-order valence-electron chi connectivity index (χ0n) is 15.3. The molecular weight excluding hydrogens is 345 g/mol. The van der Waals surface area contributed by atoms with Crippen molar-refractivity contribution in [2.45, 2.75) is 27.1 Å². The zero-order valence-corrected chi connectivity index (χ0v) is 15.3. The van der Waals surface area contributed by atoms with Gasteiger partial charge in [0.1, 0.15) is 5.82 Å². The van der Waals surface area contributed by atoms with Gasteiger partial charge in [0.25, 0.3) is 5.56 Å². The van der Waals surface area contributed by atoms with E-state index in [1.54, 1.807) is 29.8 Å². The maximum Gasteiger partial charge on any atom is 0.259 e. The minimum absolute atomic E-state index is 0.0599. The third-order valence-electron chi connectivity index (χ3n) is 4.79. The Labute approximate surface area is 156 Å². The van der Waals surface area contributed by atoms with Gasteiger partial charge in [-0.2, -0.15) is 0 Å². The lowest BCUT2D eigenvalue weighted by Gasteiger charge is -2.38. The third kappa shape index (κ3) is 3.33. The van der Waals surface area contributed by atoms with Gasteiger partial charge in [0.15, 0.2) is 0 Å². The first kappa shape index (κ1) is 17.4. The van der Waals surface area contributed by atoms with Gasteiger partial charge < -0.3 is 0 Å². The Bertz CT molecular complexity index is 1020.